The summed E-state index contributed by atoms with van der Waals surface area (Å²) in [4.78, 5) is 4.20. The van der Waals surface area contributed by atoms with Crippen molar-refractivity contribution in [2.75, 3.05) is 12.8 Å². The number of pyridine rings is 1. The number of hydrogen-bond acceptors (Lipinski definition) is 3. The highest BCUT2D eigenvalue weighted by atomic mass is 16.5. The third-order valence-electron chi connectivity index (χ3n) is 2.09. The van der Waals surface area contributed by atoms with Crippen LogP contribution >= 0.6 is 0 Å². The molecule has 0 radical (unpaired) electrons. The largest absolute Gasteiger partial charge is 0.494 e. The maximum Gasteiger partial charge on any atom is 0.149 e. The number of fused-ring (bicyclic) bond motifs is 1. The minimum absolute atomic E-state index is 0.630. The number of methoxy groups -OCH3 is 1. The van der Waals surface area contributed by atoms with E-state index in [-0.39, 0.29) is 0 Å². The lowest BCUT2D eigenvalue weighted by Gasteiger charge is -2.08. The van der Waals surface area contributed by atoms with Crippen LogP contribution < -0.4 is 10.5 Å². The number of anilines is 1. The van der Waals surface area contributed by atoms with Gasteiger partial charge in [0.1, 0.15) is 11.4 Å². The lowest BCUT2D eigenvalue weighted by atomic mass is 10.2. The summed E-state index contributed by atoms with van der Waals surface area (Å²) < 4.78 is 7.06. The first-order valence-corrected chi connectivity index (χ1v) is 3.99. The summed E-state index contributed by atoms with van der Waals surface area (Å²) in [5.41, 5.74) is 8.26. The van der Waals surface area contributed by atoms with Gasteiger partial charge in [0.25, 0.3) is 0 Å². The summed E-state index contributed by atoms with van der Waals surface area (Å²) in [7, 11) is 1.61. The number of hydrogen-bond donors (Lipinski definition) is 1. The van der Waals surface area contributed by atoms with Gasteiger partial charge in [-0.2, -0.15) is 0 Å². The van der Waals surface area contributed by atoms with Gasteiger partial charge < -0.3 is 14.9 Å². The Balaban J connectivity index is 2.85. The van der Waals surface area contributed by atoms with E-state index in [9.17, 15) is 0 Å². The molecule has 2 rings (SSSR count). The highest BCUT2D eigenvalue weighted by Crippen LogP contribution is 2.27. The first-order valence-electron chi connectivity index (χ1n) is 3.99. The summed E-state index contributed by atoms with van der Waals surface area (Å²) in [5, 5.41) is 0. The SMILES string of the molecule is COc1c(N)cn2ccnc2c1C. The molecule has 68 valence electrons. The van der Waals surface area contributed by atoms with Crippen LogP contribution in [0.1, 0.15) is 5.56 Å². The molecule has 0 saturated heterocycles. The summed E-state index contributed by atoms with van der Waals surface area (Å²) in [6, 6.07) is 0. The lowest BCUT2D eigenvalue weighted by Crippen LogP contribution is -1.99. The number of aryl methyl sites for hydroxylation is 1. The van der Waals surface area contributed by atoms with E-state index < -0.39 is 0 Å². The van der Waals surface area contributed by atoms with Crippen molar-refractivity contribution >= 4 is 11.3 Å². The van der Waals surface area contributed by atoms with Crippen LogP contribution in [0.2, 0.25) is 0 Å². The first-order chi connectivity index (χ1) is 6.24. The van der Waals surface area contributed by atoms with E-state index in [4.69, 9.17) is 10.5 Å². The van der Waals surface area contributed by atoms with Crippen LogP contribution in [0.3, 0.4) is 0 Å². The average molecular weight is 177 g/mol. The molecular weight excluding hydrogens is 166 g/mol. The zero-order valence-electron chi connectivity index (χ0n) is 7.61. The van der Waals surface area contributed by atoms with Gasteiger partial charge in [0, 0.05) is 24.2 Å². The van der Waals surface area contributed by atoms with Crippen LogP contribution in [0.15, 0.2) is 18.6 Å². The van der Waals surface area contributed by atoms with E-state index in [1.807, 2.05) is 17.5 Å². The second-order valence-corrected chi connectivity index (χ2v) is 2.90. The predicted octanol–water partition coefficient (Wildman–Crippen LogP) is 1.23. The number of imidazole rings is 1. The molecule has 0 amide bonds. The van der Waals surface area contributed by atoms with Gasteiger partial charge >= 0.3 is 0 Å². The Hall–Kier alpha value is -1.71. The summed E-state index contributed by atoms with van der Waals surface area (Å²) in [6.07, 6.45) is 5.40. The van der Waals surface area contributed by atoms with Crippen molar-refractivity contribution in [3.8, 4) is 5.75 Å². The van der Waals surface area contributed by atoms with Crippen molar-refractivity contribution < 1.29 is 4.74 Å². The second-order valence-electron chi connectivity index (χ2n) is 2.90. The molecule has 0 aliphatic heterocycles. The highest BCUT2D eigenvalue weighted by molar-refractivity contribution is 5.65. The molecule has 2 aromatic rings. The van der Waals surface area contributed by atoms with Crippen molar-refractivity contribution in [1.82, 2.24) is 9.38 Å². The van der Waals surface area contributed by atoms with E-state index in [1.54, 1.807) is 19.5 Å². The van der Waals surface area contributed by atoms with Crippen LogP contribution in [0.5, 0.6) is 5.75 Å². The molecule has 0 atom stereocenters. The number of nitrogens with zero attached hydrogens (tertiary/aromatic N) is 2. The Kier molecular flexibility index (Phi) is 1.62. The maximum absolute atomic E-state index is 5.78. The number of ether oxygens (including phenoxy) is 1. The maximum atomic E-state index is 5.78. The molecule has 0 fully saturated rings. The third kappa shape index (κ3) is 1.02. The van der Waals surface area contributed by atoms with Gasteiger partial charge in [-0.05, 0) is 6.92 Å². The molecule has 0 bridgehead atoms. The minimum Gasteiger partial charge on any atom is -0.494 e. The molecule has 4 heteroatoms. The monoisotopic (exact) mass is 177 g/mol. The lowest BCUT2D eigenvalue weighted by molar-refractivity contribution is 0.414. The molecule has 2 heterocycles. The van der Waals surface area contributed by atoms with Crippen molar-refractivity contribution in [3.05, 3.63) is 24.2 Å². The van der Waals surface area contributed by atoms with E-state index in [1.165, 1.54) is 0 Å². The molecule has 13 heavy (non-hydrogen) atoms. The zero-order chi connectivity index (χ0) is 9.42. The Bertz CT molecular complexity index is 447. The van der Waals surface area contributed by atoms with E-state index in [0.29, 0.717) is 11.4 Å². The Labute approximate surface area is 76.0 Å². The van der Waals surface area contributed by atoms with Crippen LogP contribution in [-0.4, -0.2) is 16.5 Å². The molecule has 0 aliphatic rings. The highest BCUT2D eigenvalue weighted by Gasteiger charge is 2.08. The van der Waals surface area contributed by atoms with Crippen LogP contribution in [0.25, 0.3) is 5.65 Å². The molecule has 0 unspecified atom stereocenters. The average Bonchev–Trinajstić information content (AvgIpc) is 2.53. The Morgan fingerprint density at radius 1 is 1.54 bits per heavy atom. The first kappa shape index (κ1) is 7.91. The molecule has 0 aliphatic carbocycles. The van der Waals surface area contributed by atoms with Crippen molar-refractivity contribution in [2.24, 2.45) is 0 Å². The minimum atomic E-state index is 0.630. The normalized spacial score (nSPS) is 10.6. The van der Waals surface area contributed by atoms with Crippen LogP contribution in [0.4, 0.5) is 5.69 Å². The fraction of sp³-hybridized carbons (Fsp3) is 0.222. The molecule has 4 nitrogen and oxygen atoms in total. The second kappa shape index (κ2) is 2.65. The summed E-state index contributed by atoms with van der Waals surface area (Å²) in [6.45, 7) is 1.94. The van der Waals surface area contributed by atoms with Crippen molar-refractivity contribution in [3.63, 3.8) is 0 Å². The smallest absolute Gasteiger partial charge is 0.149 e. The summed E-state index contributed by atoms with van der Waals surface area (Å²) in [5.74, 6) is 0.707. The van der Waals surface area contributed by atoms with Gasteiger partial charge in [0.05, 0.1) is 12.8 Å². The van der Waals surface area contributed by atoms with Gasteiger partial charge in [-0.3, -0.25) is 0 Å². The van der Waals surface area contributed by atoms with Crippen molar-refractivity contribution in [1.29, 1.82) is 0 Å². The number of nitrogen functional groups attached to an aromatic ring is 1. The predicted molar refractivity (Wildman–Crippen MR) is 50.9 cm³/mol. The van der Waals surface area contributed by atoms with E-state index in [0.717, 1.165) is 11.2 Å². The number of aromatic nitrogens is 2. The van der Waals surface area contributed by atoms with Gasteiger partial charge in [0.15, 0.2) is 0 Å². The van der Waals surface area contributed by atoms with Crippen LogP contribution in [-0.2, 0) is 0 Å². The fourth-order valence-corrected chi connectivity index (χ4v) is 1.51. The molecule has 0 saturated carbocycles. The Morgan fingerprint density at radius 3 is 3.00 bits per heavy atom. The molecule has 2 aromatic heterocycles. The molecular formula is C9H11N3O. The number of nitrogens with two attached hydrogens (primary N) is 1. The van der Waals surface area contributed by atoms with Gasteiger partial charge in [0.2, 0.25) is 0 Å². The molecule has 2 N–H and O–H groups in total. The van der Waals surface area contributed by atoms with E-state index >= 15 is 0 Å². The summed E-state index contributed by atoms with van der Waals surface area (Å²) >= 11 is 0. The topological polar surface area (TPSA) is 52.5 Å². The molecule has 0 spiro atoms. The Morgan fingerprint density at radius 2 is 2.31 bits per heavy atom. The van der Waals surface area contributed by atoms with Gasteiger partial charge in [-0.1, -0.05) is 0 Å². The third-order valence-corrected chi connectivity index (χ3v) is 2.09. The molecule has 0 aromatic carbocycles. The fourth-order valence-electron chi connectivity index (χ4n) is 1.51. The van der Waals surface area contributed by atoms with Gasteiger partial charge in [-0.15, -0.1) is 0 Å². The zero-order valence-corrected chi connectivity index (χ0v) is 7.61. The van der Waals surface area contributed by atoms with E-state index in [2.05, 4.69) is 4.98 Å². The number of rotatable bonds is 1. The van der Waals surface area contributed by atoms with Gasteiger partial charge in [-0.25, -0.2) is 4.98 Å². The van der Waals surface area contributed by atoms with Crippen LogP contribution in [0, 0.1) is 6.92 Å². The van der Waals surface area contributed by atoms with Crippen molar-refractivity contribution in [2.45, 2.75) is 6.92 Å². The quantitative estimate of drug-likeness (QED) is 0.712. The standard InChI is InChI=1S/C9H11N3O/c1-6-8(13-2)7(10)5-12-4-3-11-9(6)12/h3-5H,10H2,1-2H3.